The number of pyridine rings is 3. The van der Waals surface area contributed by atoms with Crippen LogP contribution >= 0.6 is 0 Å². The van der Waals surface area contributed by atoms with Gasteiger partial charge in [-0.15, -0.1) is 0 Å². The monoisotopic (exact) mass is 347 g/mol. The third-order valence-corrected chi connectivity index (χ3v) is 4.19. The second-order valence-corrected chi connectivity index (χ2v) is 5.78. The summed E-state index contributed by atoms with van der Waals surface area (Å²) in [7, 11) is 3.20. The van der Waals surface area contributed by atoms with Gasteiger partial charge in [-0.2, -0.15) is 0 Å². The minimum atomic E-state index is 0.622. The van der Waals surface area contributed by atoms with Crippen LogP contribution in [0.2, 0.25) is 0 Å². The Morgan fingerprint density at radius 2 is 1.62 bits per heavy atom. The van der Waals surface area contributed by atoms with Gasteiger partial charge in [0.2, 0.25) is 0 Å². The molecule has 0 bridgehead atoms. The molecule has 0 fully saturated rings. The first kappa shape index (κ1) is 16.1. The highest BCUT2D eigenvalue weighted by Gasteiger charge is 2.13. The van der Waals surface area contributed by atoms with Crippen molar-refractivity contribution in [3.05, 3.63) is 54.6 Å². The number of methoxy groups -OCH3 is 2. The summed E-state index contributed by atoms with van der Waals surface area (Å²) in [5, 5.41) is 1.80. The van der Waals surface area contributed by atoms with Crippen molar-refractivity contribution in [3.63, 3.8) is 0 Å². The molecule has 0 aliphatic carbocycles. The quantitative estimate of drug-likeness (QED) is 0.548. The molecule has 4 rings (SSSR count). The first-order valence-electron chi connectivity index (χ1n) is 8.09. The second-order valence-electron chi connectivity index (χ2n) is 5.78. The average molecular weight is 347 g/mol. The molecule has 0 amide bonds. The Balaban J connectivity index is 1.83. The molecule has 6 nitrogen and oxygen atoms in total. The lowest BCUT2D eigenvalue weighted by atomic mass is 10.1. The van der Waals surface area contributed by atoms with E-state index in [0.717, 1.165) is 27.5 Å². The van der Waals surface area contributed by atoms with Crippen LogP contribution in [-0.4, -0.2) is 29.2 Å². The third kappa shape index (κ3) is 2.75. The Labute approximate surface area is 150 Å². The summed E-state index contributed by atoms with van der Waals surface area (Å²) in [5.41, 5.74) is 2.38. The van der Waals surface area contributed by atoms with Gasteiger partial charge in [-0.3, -0.25) is 9.97 Å². The van der Waals surface area contributed by atoms with Crippen molar-refractivity contribution in [1.82, 2.24) is 15.0 Å². The Morgan fingerprint density at radius 1 is 0.808 bits per heavy atom. The smallest absolute Gasteiger partial charge is 0.162 e. The summed E-state index contributed by atoms with van der Waals surface area (Å²) in [6.07, 6.45) is 5.19. The molecule has 0 aliphatic heterocycles. The molecule has 0 radical (unpaired) electrons. The lowest BCUT2D eigenvalue weighted by Gasteiger charge is -2.13. The van der Waals surface area contributed by atoms with Crippen LogP contribution in [0.25, 0.3) is 21.8 Å². The molecule has 0 spiro atoms. The van der Waals surface area contributed by atoms with E-state index in [1.54, 1.807) is 32.8 Å². The van der Waals surface area contributed by atoms with Gasteiger partial charge >= 0.3 is 0 Å². The molecule has 0 unspecified atom stereocenters. The summed E-state index contributed by atoms with van der Waals surface area (Å²) in [5.74, 6) is 2.61. The highest BCUT2D eigenvalue weighted by atomic mass is 16.5. The first-order chi connectivity index (χ1) is 12.7. The fourth-order valence-corrected chi connectivity index (χ4v) is 2.85. The highest BCUT2D eigenvalue weighted by molar-refractivity contribution is 5.88. The Kier molecular flexibility index (Phi) is 4.01. The number of fused-ring (bicyclic) bond motifs is 2. The van der Waals surface area contributed by atoms with Crippen LogP contribution < -0.4 is 14.2 Å². The third-order valence-electron chi connectivity index (χ3n) is 4.19. The van der Waals surface area contributed by atoms with E-state index in [2.05, 4.69) is 15.0 Å². The van der Waals surface area contributed by atoms with Crippen LogP contribution in [0.3, 0.4) is 0 Å². The topological polar surface area (TPSA) is 66.4 Å². The number of hydrogen-bond donors (Lipinski definition) is 0. The van der Waals surface area contributed by atoms with Gasteiger partial charge in [0.05, 0.1) is 37.1 Å². The van der Waals surface area contributed by atoms with Crippen LogP contribution in [0.4, 0.5) is 0 Å². The fraction of sp³-hybridized carbons (Fsp3) is 0.150. The standard InChI is InChI=1S/C20H17N3O3/c1-12-18(8-13-4-6-21-11-16(13)23-12)26-17-5-7-22-15-10-20(25-3)19(24-2)9-14(15)17/h4-11H,1-3H3. The average Bonchev–Trinajstić information content (AvgIpc) is 2.67. The van der Waals surface area contributed by atoms with E-state index < -0.39 is 0 Å². The molecular weight excluding hydrogens is 330 g/mol. The number of aryl methyl sites for hydroxylation is 1. The molecule has 0 saturated heterocycles. The molecule has 0 saturated carbocycles. The maximum atomic E-state index is 6.18. The molecule has 0 N–H and O–H groups in total. The predicted molar refractivity (Wildman–Crippen MR) is 99.2 cm³/mol. The first-order valence-corrected chi connectivity index (χ1v) is 8.09. The minimum absolute atomic E-state index is 0.622. The summed E-state index contributed by atoms with van der Waals surface area (Å²) in [4.78, 5) is 13.1. The summed E-state index contributed by atoms with van der Waals surface area (Å²) in [6, 6.07) is 9.40. The number of aromatic nitrogens is 3. The van der Waals surface area contributed by atoms with Crippen molar-refractivity contribution in [3.8, 4) is 23.0 Å². The highest BCUT2D eigenvalue weighted by Crippen LogP contribution is 2.37. The maximum Gasteiger partial charge on any atom is 0.162 e. The van der Waals surface area contributed by atoms with Gasteiger partial charge in [-0.1, -0.05) is 0 Å². The van der Waals surface area contributed by atoms with E-state index in [4.69, 9.17) is 14.2 Å². The molecule has 3 aromatic heterocycles. The van der Waals surface area contributed by atoms with Crippen LogP contribution in [0.15, 0.2) is 48.9 Å². The van der Waals surface area contributed by atoms with E-state index in [0.29, 0.717) is 23.0 Å². The van der Waals surface area contributed by atoms with Crippen LogP contribution in [0.1, 0.15) is 5.69 Å². The number of benzene rings is 1. The van der Waals surface area contributed by atoms with Gasteiger partial charge in [0.25, 0.3) is 0 Å². The molecular formula is C20H17N3O3. The minimum Gasteiger partial charge on any atom is -0.493 e. The molecule has 1 aromatic carbocycles. The Bertz CT molecular complexity index is 1110. The normalized spacial score (nSPS) is 10.9. The predicted octanol–water partition coefficient (Wildman–Crippen LogP) is 4.30. The SMILES string of the molecule is COc1cc2nccc(Oc3cc4ccncc4nc3C)c2cc1OC. The van der Waals surface area contributed by atoms with Gasteiger partial charge in [-0.25, -0.2) is 4.98 Å². The van der Waals surface area contributed by atoms with E-state index in [1.807, 2.05) is 37.3 Å². The van der Waals surface area contributed by atoms with E-state index in [-0.39, 0.29) is 0 Å². The Hall–Kier alpha value is -3.41. The van der Waals surface area contributed by atoms with Gasteiger partial charge in [0.15, 0.2) is 11.5 Å². The maximum absolute atomic E-state index is 6.18. The molecule has 0 aliphatic rings. The van der Waals surface area contributed by atoms with Crippen molar-refractivity contribution >= 4 is 21.8 Å². The van der Waals surface area contributed by atoms with Gasteiger partial charge < -0.3 is 14.2 Å². The fourth-order valence-electron chi connectivity index (χ4n) is 2.85. The zero-order valence-electron chi connectivity index (χ0n) is 14.7. The number of hydrogen-bond acceptors (Lipinski definition) is 6. The van der Waals surface area contributed by atoms with Crippen molar-refractivity contribution in [2.24, 2.45) is 0 Å². The molecule has 4 aromatic rings. The molecule has 26 heavy (non-hydrogen) atoms. The van der Waals surface area contributed by atoms with Crippen molar-refractivity contribution in [2.75, 3.05) is 14.2 Å². The van der Waals surface area contributed by atoms with Crippen LogP contribution in [0, 0.1) is 6.92 Å². The zero-order valence-corrected chi connectivity index (χ0v) is 14.7. The zero-order chi connectivity index (χ0) is 18.1. The number of ether oxygens (including phenoxy) is 3. The number of rotatable bonds is 4. The van der Waals surface area contributed by atoms with Crippen molar-refractivity contribution < 1.29 is 14.2 Å². The van der Waals surface area contributed by atoms with E-state index >= 15 is 0 Å². The lowest BCUT2D eigenvalue weighted by Crippen LogP contribution is -1.95. The molecule has 6 heteroatoms. The largest absolute Gasteiger partial charge is 0.493 e. The second kappa shape index (κ2) is 6.48. The summed E-state index contributed by atoms with van der Waals surface area (Å²) < 4.78 is 16.9. The molecule has 130 valence electrons. The molecule has 0 atom stereocenters. The van der Waals surface area contributed by atoms with Gasteiger partial charge in [-0.05, 0) is 31.2 Å². The van der Waals surface area contributed by atoms with Gasteiger partial charge in [0, 0.05) is 29.2 Å². The van der Waals surface area contributed by atoms with Crippen molar-refractivity contribution in [2.45, 2.75) is 6.92 Å². The van der Waals surface area contributed by atoms with Crippen LogP contribution in [0.5, 0.6) is 23.0 Å². The van der Waals surface area contributed by atoms with Gasteiger partial charge in [0.1, 0.15) is 11.5 Å². The van der Waals surface area contributed by atoms with E-state index in [1.165, 1.54) is 0 Å². The summed E-state index contributed by atoms with van der Waals surface area (Å²) in [6.45, 7) is 1.91. The van der Waals surface area contributed by atoms with Crippen LogP contribution in [-0.2, 0) is 0 Å². The lowest BCUT2D eigenvalue weighted by molar-refractivity contribution is 0.355. The summed E-state index contributed by atoms with van der Waals surface area (Å²) >= 11 is 0. The number of nitrogens with zero attached hydrogens (tertiary/aromatic N) is 3. The van der Waals surface area contributed by atoms with Crippen molar-refractivity contribution in [1.29, 1.82) is 0 Å². The molecule has 3 heterocycles. The van der Waals surface area contributed by atoms with E-state index in [9.17, 15) is 0 Å². The Morgan fingerprint density at radius 3 is 2.42 bits per heavy atom.